The molecule has 3 aromatic rings. The summed E-state index contributed by atoms with van der Waals surface area (Å²) in [5.41, 5.74) is 7.18. The highest BCUT2D eigenvalue weighted by Crippen LogP contribution is 2.29. The van der Waals surface area contributed by atoms with Gasteiger partial charge in [0.15, 0.2) is 0 Å². The van der Waals surface area contributed by atoms with Crippen molar-refractivity contribution in [3.05, 3.63) is 30.2 Å². The number of fused-ring (bicyclic) bond motifs is 3. The fraction of sp³-hybridized carbons (Fsp3) is 0.154. The summed E-state index contributed by atoms with van der Waals surface area (Å²) in [6.45, 7) is 0. The second-order valence-electron chi connectivity index (χ2n) is 4.12. The summed E-state index contributed by atoms with van der Waals surface area (Å²) in [5, 5.41) is 0. The third-order valence-electron chi connectivity index (χ3n) is 3.05. The van der Waals surface area contributed by atoms with Gasteiger partial charge in [-0.25, -0.2) is 9.97 Å². The number of carbonyl (C=O) groups excluding carboxylic acids is 1. The number of benzene rings is 1. The molecule has 2 aromatic heterocycles. The minimum absolute atomic E-state index is 0.124. The molecular formula is C13H12N4O3. The monoisotopic (exact) mass is 272 g/mol. The van der Waals surface area contributed by atoms with E-state index in [0.29, 0.717) is 28.2 Å². The van der Waals surface area contributed by atoms with E-state index in [1.165, 1.54) is 13.3 Å². The molecule has 0 aliphatic heterocycles. The van der Waals surface area contributed by atoms with E-state index in [1.807, 2.05) is 6.07 Å². The summed E-state index contributed by atoms with van der Waals surface area (Å²) in [6, 6.07) is 5.40. The Morgan fingerprint density at radius 1 is 1.25 bits per heavy atom. The smallest absolute Gasteiger partial charge is 0.285 e. The lowest BCUT2D eigenvalue weighted by Gasteiger charge is -2.10. The van der Waals surface area contributed by atoms with Crippen molar-refractivity contribution in [2.75, 3.05) is 14.2 Å². The SMILES string of the molecule is COc1cccc2c1nc(OC)c1cnc(C(N)=O)n12. The van der Waals surface area contributed by atoms with E-state index in [-0.39, 0.29) is 5.82 Å². The number of methoxy groups -OCH3 is 2. The third kappa shape index (κ3) is 1.56. The van der Waals surface area contributed by atoms with Crippen LogP contribution in [0.5, 0.6) is 11.6 Å². The van der Waals surface area contributed by atoms with Crippen LogP contribution in [0.2, 0.25) is 0 Å². The van der Waals surface area contributed by atoms with E-state index < -0.39 is 5.91 Å². The Bertz CT molecular complexity index is 825. The van der Waals surface area contributed by atoms with Gasteiger partial charge in [-0.2, -0.15) is 0 Å². The van der Waals surface area contributed by atoms with Gasteiger partial charge in [0.2, 0.25) is 11.7 Å². The second kappa shape index (κ2) is 4.37. The first kappa shape index (κ1) is 12.2. The Morgan fingerprint density at radius 2 is 2.05 bits per heavy atom. The van der Waals surface area contributed by atoms with E-state index in [9.17, 15) is 4.79 Å². The number of hydrogen-bond acceptors (Lipinski definition) is 5. The van der Waals surface area contributed by atoms with Crippen molar-refractivity contribution in [1.29, 1.82) is 0 Å². The molecule has 1 amide bonds. The van der Waals surface area contributed by atoms with Crippen molar-refractivity contribution in [2.45, 2.75) is 0 Å². The zero-order chi connectivity index (χ0) is 14.3. The molecule has 20 heavy (non-hydrogen) atoms. The molecule has 0 unspecified atom stereocenters. The highest BCUT2D eigenvalue weighted by molar-refractivity contribution is 5.94. The standard InChI is InChI=1S/C13H12N4O3/c1-19-9-5-3-4-7-10(9)16-13(20-2)8-6-15-12(11(14)18)17(7)8/h3-6H,1-2H3,(H2,14,18). The maximum Gasteiger partial charge on any atom is 0.285 e. The second-order valence-corrected chi connectivity index (χ2v) is 4.12. The maximum atomic E-state index is 11.5. The highest BCUT2D eigenvalue weighted by Gasteiger charge is 2.18. The first-order valence-corrected chi connectivity index (χ1v) is 5.85. The van der Waals surface area contributed by atoms with E-state index in [0.717, 1.165) is 0 Å². The topological polar surface area (TPSA) is 91.7 Å². The van der Waals surface area contributed by atoms with Crippen molar-refractivity contribution in [2.24, 2.45) is 5.73 Å². The first-order chi connectivity index (χ1) is 9.67. The normalized spacial score (nSPS) is 10.9. The Balaban J connectivity index is 2.56. The number of hydrogen-bond donors (Lipinski definition) is 1. The largest absolute Gasteiger partial charge is 0.494 e. The summed E-state index contributed by atoms with van der Waals surface area (Å²) in [4.78, 5) is 20.0. The third-order valence-corrected chi connectivity index (χ3v) is 3.05. The summed E-state index contributed by atoms with van der Waals surface area (Å²) < 4.78 is 12.2. The number of aromatic nitrogens is 3. The van der Waals surface area contributed by atoms with Crippen LogP contribution in [-0.4, -0.2) is 34.5 Å². The number of primary amides is 1. The molecule has 7 nitrogen and oxygen atoms in total. The number of para-hydroxylation sites is 1. The number of ether oxygens (including phenoxy) is 2. The van der Waals surface area contributed by atoms with Crippen LogP contribution in [0.25, 0.3) is 16.6 Å². The molecule has 0 saturated heterocycles. The fourth-order valence-corrected chi connectivity index (χ4v) is 2.20. The van der Waals surface area contributed by atoms with Crippen molar-refractivity contribution in [1.82, 2.24) is 14.4 Å². The molecule has 3 rings (SSSR count). The minimum Gasteiger partial charge on any atom is -0.494 e. The summed E-state index contributed by atoms with van der Waals surface area (Å²) >= 11 is 0. The molecule has 2 heterocycles. The van der Waals surface area contributed by atoms with E-state index in [1.54, 1.807) is 23.6 Å². The molecule has 7 heteroatoms. The van der Waals surface area contributed by atoms with E-state index in [4.69, 9.17) is 15.2 Å². The van der Waals surface area contributed by atoms with E-state index >= 15 is 0 Å². The van der Waals surface area contributed by atoms with Crippen molar-refractivity contribution in [3.8, 4) is 11.6 Å². The minimum atomic E-state index is -0.623. The Morgan fingerprint density at radius 3 is 2.70 bits per heavy atom. The average molecular weight is 272 g/mol. The van der Waals surface area contributed by atoms with Crippen LogP contribution >= 0.6 is 0 Å². The zero-order valence-corrected chi connectivity index (χ0v) is 11.0. The van der Waals surface area contributed by atoms with Crippen molar-refractivity contribution in [3.63, 3.8) is 0 Å². The lowest BCUT2D eigenvalue weighted by atomic mass is 10.2. The van der Waals surface area contributed by atoms with Crippen LogP contribution in [0.3, 0.4) is 0 Å². The first-order valence-electron chi connectivity index (χ1n) is 5.85. The Labute approximate surface area is 113 Å². The Kier molecular flexibility index (Phi) is 2.67. The van der Waals surface area contributed by atoms with Gasteiger partial charge >= 0.3 is 0 Å². The van der Waals surface area contributed by atoms with Crippen LogP contribution in [0.15, 0.2) is 24.4 Å². The molecule has 2 N–H and O–H groups in total. The van der Waals surface area contributed by atoms with Gasteiger partial charge in [-0.05, 0) is 12.1 Å². The molecule has 0 radical (unpaired) electrons. The van der Waals surface area contributed by atoms with Gasteiger partial charge in [0, 0.05) is 0 Å². The zero-order valence-electron chi connectivity index (χ0n) is 11.0. The summed E-state index contributed by atoms with van der Waals surface area (Å²) in [5.74, 6) is 0.426. The lowest BCUT2D eigenvalue weighted by molar-refractivity contribution is 0.0990. The van der Waals surface area contributed by atoms with Crippen LogP contribution in [0.1, 0.15) is 10.6 Å². The van der Waals surface area contributed by atoms with Gasteiger partial charge in [0.1, 0.15) is 16.8 Å². The molecule has 0 spiro atoms. The molecule has 0 atom stereocenters. The average Bonchev–Trinajstić information content (AvgIpc) is 2.91. The van der Waals surface area contributed by atoms with Crippen LogP contribution in [-0.2, 0) is 0 Å². The predicted octanol–water partition coefficient (Wildman–Crippen LogP) is 0.999. The molecule has 102 valence electrons. The quantitative estimate of drug-likeness (QED) is 0.767. The predicted molar refractivity (Wildman–Crippen MR) is 72.1 cm³/mol. The maximum absolute atomic E-state index is 11.5. The van der Waals surface area contributed by atoms with Crippen LogP contribution in [0, 0.1) is 0 Å². The molecule has 0 aliphatic carbocycles. The van der Waals surface area contributed by atoms with Gasteiger partial charge in [-0.15, -0.1) is 0 Å². The number of carbonyl (C=O) groups is 1. The van der Waals surface area contributed by atoms with Gasteiger partial charge < -0.3 is 15.2 Å². The van der Waals surface area contributed by atoms with Crippen LogP contribution in [0.4, 0.5) is 0 Å². The molecule has 0 saturated carbocycles. The van der Waals surface area contributed by atoms with Crippen LogP contribution < -0.4 is 15.2 Å². The van der Waals surface area contributed by atoms with E-state index in [2.05, 4.69) is 9.97 Å². The lowest BCUT2D eigenvalue weighted by Crippen LogP contribution is -2.15. The number of nitrogens with zero attached hydrogens (tertiary/aromatic N) is 3. The number of nitrogens with two attached hydrogens (primary N) is 1. The molecule has 1 aromatic carbocycles. The number of rotatable bonds is 3. The van der Waals surface area contributed by atoms with Gasteiger partial charge in [-0.1, -0.05) is 6.07 Å². The van der Waals surface area contributed by atoms with Crippen molar-refractivity contribution >= 4 is 22.5 Å². The molecule has 0 bridgehead atoms. The van der Waals surface area contributed by atoms with Gasteiger partial charge in [0.05, 0.1) is 25.9 Å². The number of imidazole rings is 1. The van der Waals surface area contributed by atoms with Crippen molar-refractivity contribution < 1.29 is 14.3 Å². The number of amides is 1. The van der Waals surface area contributed by atoms with Gasteiger partial charge in [-0.3, -0.25) is 9.20 Å². The van der Waals surface area contributed by atoms with Gasteiger partial charge in [0.25, 0.3) is 5.91 Å². The summed E-state index contributed by atoms with van der Waals surface area (Å²) in [6.07, 6.45) is 1.50. The molecule has 0 aliphatic rings. The molecular weight excluding hydrogens is 260 g/mol. The summed E-state index contributed by atoms with van der Waals surface area (Å²) in [7, 11) is 3.05. The molecule has 0 fully saturated rings. The Hall–Kier alpha value is -2.83. The fourth-order valence-electron chi connectivity index (χ4n) is 2.20. The highest BCUT2D eigenvalue weighted by atomic mass is 16.5.